The standard InChI is InChI=1S/C18H24N2O2.2C6H14.C4H10.C3H8.C2H4O.C2H6.CH3NO.CH2O2/c1-6-10-20(5)12-16-11-17(19-18(21)7-2)9-8-15(16)13-22-14(3)4;1-5(2)6(3)4;1-4-6(3)5-2;1-3-4-2;1-3-2;1-2-3;1-2;2*2-1-3/h1,8-9,11H,3,7,10,12-13H2,2,4-5H3,(H,19,21);5-6H,1-4H3;6H,4-5H2,1-3H3;3-4H2,1-2H3;3H2,1-2H3;2H,1H3;1-2H3;1H,(H2,2,3);1H,(H,2,3). The van der Waals surface area contributed by atoms with Crippen LogP contribution in [-0.2, 0) is 37.1 Å². The van der Waals surface area contributed by atoms with Crippen molar-refractivity contribution in [2.24, 2.45) is 23.5 Å². The van der Waals surface area contributed by atoms with Crippen molar-refractivity contribution in [1.82, 2.24) is 4.90 Å². The third-order valence-electron chi connectivity index (χ3n) is 6.31. The molecule has 4 N–H and O–H groups in total. The summed E-state index contributed by atoms with van der Waals surface area (Å²) in [4.78, 5) is 39.3. The number of unbranched alkanes of at least 4 members (excludes halogenated alkanes) is 1. The van der Waals surface area contributed by atoms with Gasteiger partial charge < -0.3 is 25.7 Å². The van der Waals surface area contributed by atoms with E-state index in [2.05, 4.69) is 99.7 Å². The molecule has 0 aliphatic rings. The van der Waals surface area contributed by atoms with Crippen molar-refractivity contribution in [3.8, 4) is 12.3 Å². The Hall–Kier alpha value is -3.64. The van der Waals surface area contributed by atoms with Crippen molar-refractivity contribution < 1.29 is 29.0 Å². The Balaban J connectivity index is -0.0000000877. The lowest BCUT2D eigenvalue weighted by molar-refractivity contribution is -0.123. The number of nitrogens with two attached hydrogens (primary N) is 1. The Bertz CT molecular complexity index is 902. The molecule has 52 heavy (non-hydrogen) atoms. The van der Waals surface area contributed by atoms with Crippen LogP contribution in [0.5, 0.6) is 0 Å². The number of anilines is 1. The van der Waals surface area contributed by atoms with Gasteiger partial charge in [-0.15, -0.1) is 6.42 Å². The van der Waals surface area contributed by atoms with Gasteiger partial charge in [0.2, 0.25) is 12.3 Å². The molecule has 0 bridgehead atoms. The number of terminal acetylenes is 1. The zero-order valence-corrected chi connectivity index (χ0v) is 36.9. The monoisotopic (exact) mass is 740 g/mol. The topological polar surface area (TPSA) is 139 Å². The highest BCUT2D eigenvalue weighted by molar-refractivity contribution is 5.90. The van der Waals surface area contributed by atoms with E-state index < -0.39 is 0 Å². The number of aldehydes is 1. The summed E-state index contributed by atoms with van der Waals surface area (Å²) in [5, 5.41) is 9.76. The van der Waals surface area contributed by atoms with Gasteiger partial charge in [0.05, 0.1) is 12.3 Å². The lowest BCUT2D eigenvalue weighted by Gasteiger charge is -2.18. The number of hydrogen-bond acceptors (Lipinski definition) is 6. The van der Waals surface area contributed by atoms with Gasteiger partial charge in [0.25, 0.3) is 6.47 Å². The first-order valence-electron chi connectivity index (χ1n) is 18.9. The van der Waals surface area contributed by atoms with Crippen LogP contribution in [0.2, 0.25) is 0 Å². The number of hydrogen-bond donors (Lipinski definition) is 3. The summed E-state index contributed by atoms with van der Waals surface area (Å²) in [5.41, 5.74) is 7.09. The van der Waals surface area contributed by atoms with Crippen LogP contribution in [0, 0.1) is 30.1 Å². The zero-order valence-electron chi connectivity index (χ0n) is 36.9. The lowest BCUT2D eigenvalue weighted by Crippen LogP contribution is -2.19. The molecule has 0 unspecified atom stereocenters. The van der Waals surface area contributed by atoms with E-state index in [9.17, 15) is 4.79 Å². The number of carbonyl (C=O) groups excluding carboxylic acids is 3. The minimum absolute atomic E-state index is 0.00568. The maximum Gasteiger partial charge on any atom is 0.290 e. The van der Waals surface area contributed by atoms with E-state index in [1.54, 1.807) is 0 Å². The van der Waals surface area contributed by atoms with Gasteiger partial charge >= 0.3 is 0 Å². The summed E-state index contributed by atoms with van der Waals surface area (Å²) in [6.07, 6.45) is 13.3. The smallest absolute Gasteiger partial charge is 0.290 e. The normalized spacial score (nSPS) is 8.46. The molecule has 1 rings (SSSR count). The number of carboxylic acid groups (broad SMARTS) is 1. The summed E-state index contributed by atoms with van der Waals surface area (Å²) >= 11 is 0. The van der Waals surface area contributed by atoms with E-state index in [0.29, 0.717) is 31.9 Å². The van der Waals surface area contributed by atoms with Crippen LogP contribution in [0.3, 0.4) is 0 Å². The number of ether oxygens (including phenoxy) is 1. The fourth-order valence-electron chi connectivity index (χ4n) is 2.23. The zero-order chi connectivity index (χ0) is 42.9. The Labute approximate surface area is 322 Å². The first-order chi connectivity index (χ1) is 24.5. The number of allylic oxidation sites excluding steroid dienone is 1. The van der Waals surface area contributed by atoms with Gasteiger partial charge in [0, 0.05) is 18.7 Å². The van der Waals surface area contributed by atoms with E-state index >= 15 is 0 Å². The maximum atomic E-state index is 11.5. The Kier molecular flexibility index (Phi) is 76.2. The molecule has 0 aliphatic carbocycles. The van der Waals surface area contributed by atoms with E-state index in [1.807, 2.05) is 57.8 Å². The van der Waals surface area contributed by atoms with Crippen LogP contribution in [0.15, 0.2) is 30.5 Å². The van der Waals surface area contributed by atoms with Crippen LogP contribution >= 0.6 is 0 Å². The number of nitrogens with zero attached hydrogens (tertiary/aromatic N) is 1. The van der Waals surface area contributed by atoms with Crippen molar-refractivity contribution >= 4 is 30.8 Å². The highest BCUT2D eigenvalue weighted by Crippen LogP contribution is 2.19. The minimum Gasteiger partial charge on any atom is -0.494 e. The van der Waals surface area contributed by atoms with Crippen molar-refractivity contribution in [1.29, 1.82) is 0 Å². The first-order valence-corrected chi connectivity index (χ1v) is 18.9. The number of primary amides is 1. The van der Waals surface area contributed by atoms with Gasteiger partial charge in [-0.3, -0.25) is 19.3 Å². The Morgan fingerprint density at radius 1 is 0.962 bits per heavy atom. The largest absolute Gasteiger partial charge is 0.494 e. The van der Waals surface area contributed by atoms with E-state index in [0.717, 1.165) is 40.9 Å². The average Bonchev–Trinajstić information content (AvgIpc) is 3.10. The predicted molar refractivity (Wildman–Crippen MR) is 228 cm³/mol. The quantitative estimate of drug-likeness (QED) is 0.110. The van der Waals surface area contributed by atoms with Crippen molar-refractivity contribution in [2.75, 3.05) is 18.9 Å². The number of benzene rings is 1. The van der Waals surface area contributed by atoms with Gasteiger partial charge in [0.1, 0.15) is 12.9 Å². The highest BCUT2D eigenvalue weighted by Gasteiger charge is 2.09. The van der Waals surface area contributed by atoms with Crippen LogP contribution in [-0.4, -0.2) is 48.7 Å². The molecule has 1 aromatic rings. The predicted octanol–water partition coefficient (Wildman–Crippen LogP) is 11.1. The summed E-state index contributed by atoms with van der Waals surface area (Å²) < 4.78 is 5.51. The maximum absolute atomic E-state index is 11.5. The van der Waals surface area contributed by atoms with Crippen molar-refractivity contribution in [3.63, 3.8) is 0 Å². The van der Waals surface area contributed by atoms with Gasteiger partial charge in [-0.2, -0.15) is 0 Å². The summed E-state index contributed by atoms with van der Waals surface area (Å²) in [7, 11) is 1.96. The molecule has 0 saturated carbocycles. The SMILES string of the molecule is C#CCN(C)Cc1cc(NC(=O)CC)ccc1COC(=C)C.CC.CC(C)C(C)C.CC=O.CCC.CCC(C)CC.CCCC.NC=O.O=CO. The second-order valence-corrected chi connectivity index (χ2v) is 11.8. The fraction of sp³-hybridized carbons (Fsp3) is 0.674. The molecule has 0 spiro atoms. The fourth-order valence-corrected chi connectivity index (χ4v) is 2.23. The average molecular weight is 740 g/mol. The van der Waals surface area contributed by atoms with Crippen molar-refractivity contribution in [3.05, 3.63) is 41.7 Å². The Morgan fingerprint density at radius 3 is 1.60 bits per heavy atom. The molecule has 9 heteroatoms. The number of carbonyl (C=O) groups is 4. The van der Waals surface area contributed by atoms with Crippen LogP contribution < -0.4 is 11.1 Å². The summed E-state index contributed by atoms with van der Waals surface area (Å²) in [6.45, 7) is 38.6. The first kappa shape index (κ1) is 66.6. The summed E-state index contributed by atoms with van der Waals surface area (Å²) in [5.74, 6) is 5.93. The molecule has 0 radical (unpaired) electrons. The van der Waals surface area contributed by atoms with E-state index in [4.69, 9.17) is 30.7 Å². The summed E-state index contributed by atoms with van der Waals surface area (Å²) in [6, 6.07) is 5.82. The second-order valence-electron chi connectivity index (χ2n) is 11.8. The van der Waals surface area contributed by atoms with Gasteiger partial charge in [-0.25, -0.2) is 0 Å². The molecule has 0 heterocycles. The van der Waals surface area contributed by atoms with Gasteiger partial charge in [0.15, 0.2) is 0 Å². The molecule has 0 aromatic heterocycles. The van der Waals surface area contributed by atoms with E-state index in [-0.39, 0.29) is 18.8 Å². The lowest BCUT2D eigenvalue weighted by atomic mass is 10.0. The molecule has 308 valence electrons. The molecule has 9 nitrogen and oxygen atoms in total. The second kappa shape index (κ2) is 59.5. The Morgan fingerprint density at radius 2 is 1.35 bits per heavy atom. The molecule has 0 atom stereocenters. The van der Waals surface area contributed by atoms with E-state index in [1.165, 1.54) is 39.0 Å². The van der Waals surface area contributed by atoms with Crippen LogP contribution in [0.4, 0.5) is 5.69 Å². The molecule has 0 fully saturated rings. The molecule has 1 aromatic carbocycles. The molecule has 0 saturated heterocycles. The molecular weight excluding hydrogens is 654 g/mol. The third-order valence-corrected chi connectivity index (χ3v) is 6.31. The molecule has 2 amide bonds. The van der Waals surface area contributed by atoms with Crippen LogP contribution in [0.25, 0.3) is 0 Å². The molecular formula is C43H85N3O6. The number of rotatable bonds is 12. The molecule has 0 aliphatic heterocycles. The third kappa shape index (κ3) is 72.2. The van der Waals surface area contributed by atoms with Gasteiger partial charge in [-0.05, 0) is 61.9 Å². The van der Waals surface area contributed by atoms with Gasteiger partial charge in [-0.1, -0.05) is 148 Å². The van der Waals surface area contributed by atoms with Crippen LogP contribution in [0.1, 0.15) is 160 Å². The minimum atomic E-state index is -0.250. The number of nitrogens with one attached hydrogen (secondary N) is 1. The highest BCUT2D eigenvalue weighted by atomic mass is 16.5. The number of amides is 2. The van der Waals surface area contributed by atoms with Crippen molar-refractivity contribution in [2.45, 2.75) is 162 Å².